The predicted molar refractivity (Wildman–Crippen MR) is 124 cm³/mol. The van der Waals surface area contributed by atoms with Gasteiger partial charge in [-0.1, -0.05) is 36.4 Å². The molecule has 0 bridgehead atoms. The molecule has 31 heavy (non-hydrogen) atoms. The predicted octanol–water partition coefficient (Wildman–Crippen LogP) is 2.16. The third-order valence-corrected chi connectivity index (χ3v) is 5.51. The van der Waals surface area contributed by atoms with Crippen molar-refractivity contribution < 1.29 is 8.60 Å². The number of benzene rings is 2. The topological polar surface area (TPSA) is 123 Å². The van der Waals surface area contributed by atoms with Crippen molar-refractivity contribution in [3.8, 4) is 0 Å². The van der Waals surface area contributed by atoms with Crippen LogP contribution >= 0.6 is 0 Å². The van der Waals surface area contributed by atoms with Crippen LogP contribution in [-0.4, -0.2) is 40.4 Å². The average molecular weight is 443 g/mol. The van der Waals surface area contributed by atoms with E-state index in [2.05, 4.69) is 27.0 Å². The van der Waals surface area contributed by atoms with Gasteiger partial charge in [0.15, 0.2) is 0 Å². The molecule has 1 aliphatic rings. The van der Waals surface area contributed by atoms with Crippen LogP contribution in [0, 0.1) is 5.82 Å². The van der Waals surface area contributed by atoms with Gasteiger partial charge in [-0.2, -0.15) is 0 Å². The van der Waals surface area contributed by atoms with Crippen LogP contribution in [-0.2, 0) is 24.0 Å². The summed E-state index contributed by atoms with van der Waals surface area (Å²) in [6.45, 7) is 2.64. The van der Waals surface area contributed by atoms with E-state index in [-0.39, 0.29) is 10.6 Å². The standard InChI is InChI=1S/C22H27FN6OS/c23-19-13-18(31(26)30)7-8-20(19)27-22(12-16-5-4-6-17(11-16)14-24)28-21(25)15-29-9-2-1-3-10-29/h1-2,4-8,11,13H,3,9-10,12,14-15,24,26H2,(H2,25,27,28). The number of aliphatic imine (C=N–C) groups is 2. The second kappa shape index (κ2) is 11.1. The van der Waals surface area contributed by atoms with Gasteiger partial charge in [0.05, 0.1) is 11.4 Å². The number of hydrogen-bond donors (Lipinski definition) is 3. The van der Waals surface area contributed by atoms with Crippen LogP contribution in [0.5, 0.6) is 0 Å². The van der Waals surface area contributed by atoms with Crippen molar-refractivity contribution in [2.24, 2.45) is 26.6 Å². The van der Waals surface area contributed by atoms with E-state index >= 15 is 0 Å². The SMILES string of the molecule is NCc1cccc(CC(N=C(N)CN2CC=CCC2)=Nc2ccc(S(N)=O)cc2F)c1. The Labute approximate surface area is 184 Å². The molecule has 9 heteroatoms. The Kier molecular flexibility index (Phi) is 8.19. The molecule has 0 radical (unpaired) electrons. The number of hydrogen-bond acceptors (Lipinski definition) is 4. The van der Waals surface area contributed by atoms with Gasteiger partial charge in [0, 0.05) is 26.1 Å². The molecular weight excluding hydrogens is 415 g/mol. The molecule has 6 N–H and O–H groups in total. The highest BCUT2D eigenvalue weighted by Gasteiger charge is 2.11. The van der Waals surface area contributed by atoms with Crippen molar-refractivity contribution in [2.75, 3.05) is 19.6 Å². The van der Waals surface area contributed by atoms with Crippen molar-refractivity contribution in [1.82, 2.24) is 4.90 Å². The minimum atomic E-state index is -1.77. The highest BCUT2D eigenvalue weighted by molar-refractivity contribution is 7.82. The fraction of sp³-hybridized carbons (Fsp3) is 0.273. The normalized spacial score (nSPS) is 16.5. The quantitative estimate of drug-likeness (QED) is 0.345. The maximum atomic E-state index is 14.5. The number of nitrogens with zero attached hydrogens (tertiary/aromatic N) is 3. The van der Waals surface area contributed by atoms with E-state index in [9.17, 15) is 8.60 Å². The molecule has 2 aromatic carbocycles. The van der Waals surface area contributed by atoms with Crippen molar-refractivity contribution in [2.45, 2.75) is 24.3 Å². The Bertz CT molecular complexity index is 1040. The highest BCUT2D eigenvalue weighted by atomic mass is 32.2. The highest BCUT2D eigenvalue weighted by Crippen LogP contribution is 2.21. The number of halogens is 1. The van der Waals surface area contributed by atoms with Crippen LogP contribution in [0.3, 0.4) is 0 Å². The molecule has 3 rings (SSSR count). The van der Waals surface area contributed by atoms with E-state index in [0.717, 1.165) is 36.7 Å². The Morgan fingerprint density at radius 2 is 1.97 bits per heavy atom. The number of rotatable bonds is 7. The van der Waals surface area contributed by atoms with Crippen molar-refractivity contribution >= 4 is 28.3 Å². The Hall–Kier alpha value is -2.72. The zero-order valence-corrected chi connectivity index (χ0v) is 18.0. The first-order valence-corrected chi connectivity index (χ1v) is 11.2. The van der Waals surface area contributed by atoms with E-state index in [1.54, 1.807) is 0 Å². The van der Waals surface area contributed by atoms with Crippen molar-refractivity contribution in [1.29, 1.82) is 0 Å². The summed E-state index contributed by atoms with van der Waals surface area (Å²) in [6.07, 6.45) is 5.57. The molecule has 0 fully saturated rings. The van der Waals surface area contributed by atoms with Crippen LogP contribution in [0.1, 0.15) is 17.5 Å². The monoisotopic (exact) mass is 442 g/mol. The molecule has 1 heterocycles. The van der Waals surface area contributed by atoms with Gasteiger partial charge in [0.25, 0.3) is 0 Å². The van der Waals surface area contributed by atoms with Gasteiger partial charge in [-0.15, -0.1) is 0 Å². The first-order chi connectivity index (χ1) is 14.9. The molecule has 0 saturated heterocycles. The first-order valence-electron chi connectivity index (χ1n) is 9.96. The van der Waals surface area contributed by atoms with Crippen LogP contribution in [0.4, 0.5) is 10.1 Å². The number of nitrogens with two attached hydrogens (primary N) is 3. The molecule has 2 aromatic rings. The van der Waals surface area contributed by atoms with Gasteiger partial charge in [-0.3, -0.25) is 4.90 Å². The summed E-state index contributed by atoms with van der Waals surface area (Å²) in [5, 5.41) is 5.33. The minimum Gasteiger partial charge on any atom is -0.386 e. The van der Waals surface area contributed by atoms with E-state index in [1.807, 2.05) is 24.3 Å². The summed E-state index contributed by atoms with van der Waals surface area (Å²) in [4.78, 5) is 11.3. The lowest BCUT2D eigenvalue weighted by Gasteiger charge is -2.22. The molecule has 0 aliphatic carbocycles. The molecule has 1 unspecified atom stereocenters. The van der Waals surface area contributed by atoms with E-state index in [1.165, 1.54) is 12.1 Å². The maximum absolute atomic E-state index is 14.5. The van der Waals surface area contributed by atoms with Crippen LogP contribution in [0.2, 0.25) is 0 Å². The summed E-state index contributed by atoms with van der Waals surface area (Å²) in [5.74, 6) is 0.156. The van der Waals surface area contributed by atoms with Gasteiger partial charge in [0.1, 0.15) is 34.2 Å². The maximum Gasteiger partial charge on any atom is 0.150 e. The Morgan fingerprint density at radius 1 is 1.16 bits per heavy atom. The number of amidine groups is 2. The summed E-state index contributed by atoms with van der Waals surface area (Å²) in [6, 6.07) is 11.8. The zero-order chi connectivity index (χ0) is 22.2. The molecule has 1 aliphatic heterocycles. The van der Waals surface area contributed by atoms with Gasteiger partial charge < -0.3 is 11.5 Å². The molecule has 0 amide bonds. The first kappa shape index (κ1) is 23.0. The van der Waals surface area contributed by atoms with Crippen molar-refractivity contribution in [3.63, 3.8) is 0 Å². The second-order valence-electron chi connectivity index (χ2n) is 7.24. The molecule has 164 valence electrons. The summed E-state index contributed by atoms with van der Waals surface area (Å²) in [7, 11) is -1.77. The largest absolute Gasteiger partial charge is 0.386 e. The lowest BCUT2D eigenvalue weighted by Crippen LogP contribution is -2.36. The summed E-state index contributed by atoms with van der Waals surface area (Å²) < 4.78 is 25.9. The zero-order valence-electron chi connectivity index (χ0n) is 17.2. The van der Waals surface area contributed by atoms with E-state index in [0.29, 0.717) is 31.2 Å². The Morgan fingerprint density at radius 3 is 2.65 bits per heavy atom. The molecular formula is C22H27FN6OS. The van der Waals surface area contributed by atoms with E-state index < -0.39 is 16.8 Å². The van der Waals surface area contributed by atoms with E-state index in [4.69, 9.17) is 16.6 Å². The smallest absolute Gasteiger partial charge is 0.150 e. The van der Waals surface area contributed by atoms with Crippen LogP contribution in [0.25, 0.3) is 0 Å². The third-order valence-electron chi connectivity index (χ3n) is 4.79. The molecule has 0 aromatic heterocycles. The molecule has 0 saturated carbocycles. The Balaban J connectivity index is 1.91. The fourth-order valence-electron chi connectivity index (χ4n) is 3.26. The van der Waals surface area contributed by atoms with Gasteiger partial charge in [-0.25, -0.2) is 23.7 Å². The summed E-state index contributed by atoms with van der Waals surface area (Å²) >= 11 is 0. The lowest BCUT2D eigenvalue weighted by atomic mass is 10.1. The lowest BCUT2D eigenvalue weighted by molar-refractivity contribution is 0.339. The second-order valence-corrected chi connectivity index (χ2v) is 8.30. The van der Waals surface area contributed by atoms with Crippen LogP contribution < -0.4 is 16.6 Å². The molecule has 1 atom stereocenters. The molecule has 7 nitrogen and oxygen atoms in total. The van der Waals surface area contributed by atoms with Gasteiger partial charge in [0.2, 0.25) is 0 Å². The molecule has 0 spiro atoms. The third kappa shape index (κ3) is 6.90. The average Bonchev–Trinajstić information content (AvgIpc) is 2.75. The minimum absolute atomic E-state index is 0.0802. The fourth-order valence-corrected chi connectivity index (χ4v) is 3.68. The van der Waals surface area contributed by atoms with Gasteiger partial charge in [-0.05, 0) is 35.7 Å². The van der Waals surface area contributed by atoms with Crippen LogP contribution in [0.15, 0.2) is 69.5 Å². The van der Waals surface area contributed by atoms with Crippen molar-refractivity contribution in [3.05, 3.63) is 71.6 Å². The van der Waals surface area contributed by atoms with Gasteiger partial charge >= 0.3 is 0 Å². The summed E-state index contributed by atoms with van der Waals surface area (Å²) in [5.41, 5.74) is 14.0.